The molecular formula is C15H32N2O. The lowest BCUT2D eigenvalue weighted by atomic mass is 9.79. The maximum absolute atomic E-state index is 5.87. The van der Waals surface area contributed by atoms with Gasteiger partial charge in [-0.15, -0.1) is 0 Å². The zero-order valence-electron chi connectivity index (χ0n) is 12.5. The zero-order valence-corrected chi connectivity index (χ0v) is 12.5. The third-order valence-corrected chi connectivity index (χ3v) is 4.36. The van der Waals surface area contributed by atoms with Gasteiger partial charge in [-0.05, 0) is 49.6 Å². The molecule has 0 amide bonds. The Bertz CT molecular complexity index is 219. The standard InChI is InChI=1S/C15H32N2O/c1-15(2,8-9-18-3)12-17-11-14-7-5-4-6-13(14)10-16/h13-14,17H,4-12,16H2,1-3H3. The molecule has 0 bridgehead atoms. The second-order valence-electron chi connectivity index (χ2n) is 6.58. The first kappa shape index (κ1) is 15.9. The van der Waals surface area contributed by atoms with Crippen LogP contribution in [-0.4, -0.2) is 33.4 Å². The van der Waals surface area contributed by atoms with Gasteiger partial charge in [0, 0.05) is 20.3 Å². The van der Waals surface area contributed by atoms with Crippen molar-refractivity contribution < 1.29 is 4.74 Å². The number of nitrogens with one attached hydrogen (secondary N) is 1. The molecule has 1 aliphatic carbocycles. The lowest BCUT2D eigenvalue weighted by Gasteiger charge is -2.32. The van der Waals surface area contributed by atoms with Gasteiger partial charge in [0.15, 0.2) is 0 Å². The summed E-state index contributed by atoms with van der Waals surface area (Å²) in [6.45, 7) is 8.53. The van der Waals surface area contributed by atoms with Crippen molar-refractivity contribution in [1.82, 2.24) is 5.32 Å². The molecule has 2 atom stereocenters. The average molecular weight is 256 g/mol. The minimum absolute atomic E-state index is 0.322. The van der Waals surface area contributed by atoms with Crippen LogP contribution in [-0.2, 0) is 4.74 Å². The Morgan fingerprint density at radius 2 is 1.89 bits per heavy atom. The molecule has 0 aromatic heterocycles. The zero-order chi connectivity index (χ0) is 13.4. The van der Waals surface area contributed by atoms with Crippen molar-refractivity contribution in [3.63, 3.8) is 0 Å². The van der Waals surface area contributed by atoms with E-state index in [0.29, 0.717) is 5.41 Å². The second kappa shape index (κ2) is 8.13. The van der Waals surface area contributed by atoms with E-state index in [1.54, 1.807) is 7.11 Å². The predicted molar refractivity (Wildman–Crippen MR) is 77.6 cm³/mol. The van der Waals surface area contributed by atoms with Crippen LogP contribution in [0.5, 0.6) is 0 Å². The fraction of sp³-hybridized carbons (Fsp3) is 1.00. The lowest BCUT2D eigenvalue weighted by molar-refractivity contribution is 0.147. The molecule has 0 radical (unpaired) electrons. The van der Waals surface area contributed by atoms with Crippen LogP contribution in [0.1, 0.15) is 46.0 Å². The van der Waals surface area contributed by atoms with Crippen LogP contribution in [0.2, 0.25) is 0 Å². The van der Waals surface area contributed by atoms with E-state index in [4.69, 9.17) is 10.5 Å². The highest BCUT2D eigenvalue weighted by molar-refractivity contribution is 4.79. The molecule has 3 N–H and O–H groups in total. The monoisotopic (exact) mass is 256 g/mol. The first-order valence-electron chi connectivity index (χ1n) is 7.49. The smallest absolute Gasteiger partial charge is 0.0467 e. The van der Waals surface area contributed by atoms with Gasteiger partial charge in [0.1, 0.15) is 0 Å². The number of nitrogens with two attached hydrogens (primary N) is 1. The first-order valence-corrected chi connectivity index (χ1v) is 7.49. The van der Waals surface area contributed by atoms with E-state index in [1.165, 1.54) is 25.7 Å². The number of rotatable bonds is 8. The van der Waals surface area contributed by atoms with E-state index in [0.717, 1.165) is 44.5 Å². The number of methoxy groups -OCH3 is 1. The molecule has 1 fully saturated rings. The van der Waals surface area contributed by atoms with Gasteiger partial charge in [0.05, 0.1) is 0 Å². The van der Waals surface area contributed by atoms with Gasteiger partial charge in [-0.3, -0.25) is 0 Å². The van der Waals surface area contributed by atoms with Crippen LogP contribution < -0.4 is 11.1 Å². The van der Waals surface area contributed by atoms with E-state index in [1.807, 2.05) is 0 Å². The minimum atomic E-state index is 0.322. The highest BCUT2D eigenvalue weighted by atomic mass is 16.5. The van der Waals surface area contributed by atoms with Crippen LogP contribution >= 0.6 is 0 Å². The van der Waals surface area contributed by atoms with Gasteiger partial charge in [-0.25, -0.2) is 0 Å². The molecule has 0 aliphatic heterocycles. The fourth-order valence-corrected chi connectivity index (χ4v) is 2.93. The van der Waals surface area contributed by atoms with Gasteiger partial charge in [-0.2, -0.15) is 0 Å². The molecule has 108 valence electrons. The van der Waals surface area contributed by atoms with E-state index in [2.05, 4.69) is 19.2 Å². The molecule has 0 heterocycles. The summed E-state index contributed by atoms with van der Waals surface area (Å²) >= 11 is 0. The predicted octanol–water partition coefficient (Wildman–Crippen LogP) is 2.40. The molecule has 3 heteroatoms. The molecule has 1 aliphatic rings. The highest BCUT2D eigenvalue weighted by Crippen LogP contribution is 2.29. The summed E-state index contributed by atoms with van der Waals surface area (Å²) in [6.07, 6.45) is 6.55. The quantitative estimate of drug-likeness (QED) is 0.701. The Balaban J connectivity index is 2.23. The molecular weight excluding hydrogens is 224 g/mol. The summed E-state index contributed by atoms with van der Waals surface area (Å²) in [7, 11) is 1.78. The van der Waals surface area contributed by atoms with E-state index in [9.17, 15) is 0 Å². The highest BCUT2D eigenvalue weighted by Gasteiger charge is 2.24. The van der Waals surface area contributed by atoms with Gasteiger partial charge in [0.25, 0.3) is 0 Å². The van der Waals surface area contributed by atoms with Crippen molar-refractivity contribution in [1.29, 1.82) is 0 Å². The summed E-state index contributed by atoms with van der Waals surface area (Å²) in [4.78, 5) is 0. The molecule has 18 heavy (non-hydrogen) atoms. The third-order valence-electron chi connectivity index (χ3n) is 4.36. The van der Waals surface area contributed by atoms with Gasteiger partial charge in [-0.1, -0.05) is 26.7 Å². The Morgan fingerprint density at radius 1 is 1.22 bits per heavy atom. The Labute approximate surface area is 113 Å². The fourth-order valence-electron chi connectivity index (χ4n) is 2.93. The van der Waals surface area contributed by atoms with Crippen molar-refractivity contribution in [3.05, 3.63) is 0 Å². The van der Waals surface area contributed by atoms with E-state index < -0.39 is 0 Å². The maximum Gasteiger partial charge on any atom is 0.0467 e. The average Bonchev–Trinajstić information content (AvgIpc) is 2.37. The van der Waals surface area contributed by atoms with E-state index in [-0.39, 0.29) is 0 Å². The third kappa shape index (κ3) is 5.68. The Morgan fingerprint density at radius 3 is 2.50 bits per heavy atom. The van der Waals surface area contributed by atoms with Crippen LogP contribution in [0, 0.1) is 17.3 Å². The summed E-state index contributed by atoms with van der Waals surface area (Å²) in [5, 5.41) is 3.66. The Hall–Kier alpha value is -0.120. The second-order valence-corrected chi connectivity index (χ2v) is 6.58. The van der Waals surface area contributed by atoms with Crippen LogP contribution in [0.15, 0.2) is 0 Å². The van der Waals surface area contributed by atoms with Crippen LogP contribution in [0.4, 0.5) is 0 Å². The lowest BCUT2D eigenvalue weighted by Crippen LogP contribution is -2.38. The van der Waals surface area contributed by atoms with Crippen molar-refractivity contribution in [2.75, 3.05) is 33.4 Å². The van der Waals surface area contributed by atoms with E-state index >= 15 is 0 Å². The van der Waals surface area contributed by atoms with Crippen molar-refractivity contribution in [2.24, 2.45) is 23.0 Å². The SMILES string of the molecule is COCCC(C)(C)CNCC1CCCCC1CN. The first-order chi connectivity index (χ1) is 8.59. The molecule has 3 nitrogen and oxygen atoms in total. The number of hydrogen-bond donors (Lipinski definition) is 2. The number of hydrogen-bond acceptors (Lipinski definition) is 3. The van der Waals surface area contributed by atoms with Gasteiger partial charge >= 0.3 is 0 Å². The molecule has 0 aromatic rings. The van der Waals surface area contributed by atoms with Gasteiger partial charge < -0.3 is 15.8 Å². The van der Waals surface area contributed by atoms with Crippen molar-refractivity contribution in [3.8, 4) is 0 Å². The summed E-state index contributed by atoms with van der Waals surface area (Å²) < 4.78 is 5.16. The normalized spacial score (nSPS) is 25.3. The Kier molecular flexibility index (Phi) is 7.20. The largest absolute Gasteiger partial charge is 0.385 e. The summed E-state index contributed by atoms with van der Waals surface area (Å²) in [5.74, 6) is 1.54. The minimum Gasteiger partial charge on any atom is -0.385 e. The molecule has 1 rings (SSSR count). The van der Waals surface area contributed by atoms with Crippen molar-refractivity contribution in [2.45, 2.75) is 46.0 Å². The summed E-state index contributed by atoms with van der Waals surface area (Å²) in [5.41, 5.74) is 6.19. The van der Waals surface area contributed by atoms with Crippen LogP contribution in [0.25, 0.3) is 0 Å². The van der Waals surface area contributed by atoms with Gasteiger partial charge in [0.2, 0.25) is 0 Å². The molecule has 2 unspecified atom stereocenters. The number of ether oxygens (including phenoxy) is 1. The molecule has 1 saturated carbocycles. The molecule has 0 aromatic carbocycles. The molecule has 0 saturated heterocycles. The van der Waals surface area contributed by atoms with Crippen molar-refractivity contribution >= 4 is 0 Å². The summed E-state index contributed by atoms with van der Waals surface area (Å²) in [6, 6.07) is 0. The van der Waals surface area contributed by atoms with Crippen LogP contribution in [0.3, 0.4) is 0 Å². The maximum atomic E-state index is 5.87. The topological polar surface area (TPSA) is 47.3 Å². The molecule has 0 spiro atoms.